The van der Waals surface area contributed by atoms with Gasteiger partial charge < -0.3 is 4.74 Å². The average Bonchev–Trinajstić information content (AvgIpc) is 2.37. The molecule has 0 aliphatic rings. The molecule has 0 spiro atoms. The minimum Gasteiger partial charge on any atom is -0.378 e. The van der Waals surface area contributed by atoms with E-state index in [1.54, 1.807) is 0 Å². The number of nitriles is 1. The molecule has 1 N–H and O–H groups in total. The maximum atomic E-state index is 11.9. The molecule has 0 aliphatic heterocycles. The van der Waals surface area contributed by atoms with Gasteiger partial charge in [-0.05, 0) is 38.1 Å². The van der Waals surface area contributed by atoms with Crippen molar-refractivity contribution in [1.82, 2.24) is 4.72 Å². The van der Waals surface area contributed by atoms with E-state index >= 15 is 0 Å². The van der Waals surface area contributed by atoms with Crippen LogP contribution < -0.4 is 4.72 Å². The molecular weight excluding hydrogens is 280 g/mol. The summed E-state index contributed by atoms with van der Waals surface area (Å²) in [5.74, 6) is -0.630. The first-order chi connectivity index (χ1) is 9.35. The van der Waals surface area contributed by atoms with Crippen LogP contribution in [0.3, 0.4) is 0 Å². The Morgan fingerprint density at radius 3 is 2.45 bits per heavy atom. The van der Waals surface area contributed by atoms with E-state index in [1.807, 2.05) is 24.6 Å². The molecule has 0 radical (unpaired) electrons. The van der Waals surface area contributed by atoms with Gasteiger partial charge in [0.1, 0.15) is 0 Å². The zero-order valence-electron chi connectivity index (χ0n) is 11.3. The summed E-state index contributed by atoms with van der Waals surface area (Å²) in [7, 11) is -3.90. The van der Waals surface area contributed by atoms with Gasteiger partial charge in [-0.2, -0.15) is 5.26 Å². The highest BCUT2D eigenvalue weighted by Crippen LogP contribution is 2.10. The number of sulfonamides is 1. The maximum Gasteiger partial charge on any atom is 0.264 e. The number of nitrogens with one attached hydrogen (secondary N) is 1. The van der Waals surface area contributed by atoms with Gasteiger partial charge >= 0.3 is 0 Å². The van der Waals surface area contributed by atoms with Gasteiger partial charge in [0.25, 0.3) is 10.0 Å². The molecule has 1 amide bonds. The number of amides is 1. The second kappa shape index (κ2) is 7.03. The molecule has 0 saturated carbocycles. The van der Waals surface area contributed by atoms with Crippen molar-refractivity contribution in [3.8, 4) is 6.07 Å². The van der Waals surface area contributed by atoms with Gasteiger partial charge in [0.2, 0.25) is 5.91 Å². The first kappa shape index (κ1) is 16.1. The van der Waals surface area contributed by atoms with Crippen LogP contribution in [0.5, 0.6) is 0 Å². The van der Waals surface area contributed by atoms with E-state index in [0.29, 0.717) is 5.56 Å². The maximum absolute atomic E-state index is 11.9. The number of ether oxygens (including phenoxy) is 1. The van der Waals surface area contributed by atoms with Crippen molar-refractivity contribution < 1.29 is 17.9 Å². The lowest BCUT2D eigenvalue weighted by Crippen LogP contribution is -2.31. The number of hydrogen-bond acceptors (Lipinski definition) is 5. The summed E-state index contributed by atoms with van der Waals surface area (Å²) in [5, 5.41) is 8.64. The lowest BCUT2D eigenvalue weighted by molar-refractivity contribution is -0.120. The topological polar surface area (TPSA) is 96.3 Å². The third-order valence-corrected chi connectivity index (χ3v) is 3.71. The molecule has 0 fully saturated rings. The first-order valence-corrected chi connectivity index (χ1v) is 7.51. The predicted molar refractivity (Wildman–Crippen MR) is 72.2 cm³/mol. The van der Waals surface area contributed by atoms with Crippen LogP contribution in [-0.4, -0.2) is 27.0 Å². The zero-order valence-corrected chi connectivity index (χ0v) is 12.1. The molecule has 0 atom stereocenters. The lowest BCUT2D eigenvalue weighted by atomic mass is 10.2. The second-order valence-corrected chi connectivity index (χ2v) is 6.02. The number of hydrogen-bond donors (Lipinski definition) is 1. The number of rotatable bonds is 6. The standard InChI is InChI=1S/C13H16N2O4S/c1-10(2)19-8-7-13(16)15-20(17,18)12-5-3-11(9-14)4-6-12/h3-6,10H,7-8H2,1-2H3,(H,15,16). The molecule has 1 aromatic rings. The van der Waals surface area contributed by atoms with E-state index in [2.05, 4.69) is 0 Å². The van der Waals surface area contributed by atoms with Crippen molar-refractivity contribution >= 4 is 15.9 Å². The van der Waals surface area contributed by atoms with Crippen molar-refractivity contribution in [2.24, 2.45) is 0 Å². The minimum atomic E-state index is -3.90. The van der Waals surface area contributed by atoms with Crippen LogP contribution in [0.2, 0.25) is 0 Å². The third-order valence-electron chi connectivity index (χ3n) is 2.32. The molecule has 0 unspecified atom stereocenters. The van der Waals surface area contributed by atoms with Crippen LogP contribution in [0, 0.1) is 11.3 Å². The normalized spacial score (nSPS) is 11.1. The molecule has 1 aromatic carbocycles. The zero-order chi connectivity index (χ0) is 15.2. The summed E-state index contributed by atoms with van der Waals surface area (Å²) in [5.41, 5.74) is 0.348. The van der Waals surface area contributed by atoms with Gasteiger partial charge in [0, 0.05) is 0 Å². The van der Waals surface area contributed by atoms with Crippen LogP contribution in [0.15, 0.2) is 29.2 Å². The van der Waals surface area contributed by atoms with Gasteiger partial charge in [-0.3, -0.25) is 4.79 Å². The monoisotopic (exact) mass is 296 g/mol. The largest absolute Gasteiger partial charge is 0.378 e. The Labute approximate surface area is 118 Å². The summed E-state index contributed by atoms with van der Waals surface area (Å²) in [6, 6.07) is 7.19. The van der Waals surface area contributed by atoms with Gasteiger partial charge in [0.15, 0.2) is 0 Å². The Bertz CT molecular complexity index is 600. The lowest BCUT2D eigenvalue weighted by Gasteiger charge is -2.09. The molecule has 0 aliphatic carbocycles. The van der Waals surface area contributed by atoms with Gasteiger partial charge in [-0.25, -0.2) is 13.1 Å². The van der Waals surface area contributed by atoms with Crippen molar-refractivity contribution in [2.75, 3.05) is 6.61 Å². The van der Waals surface area contributed by atoms with Crippen LogP contribution in [0.1, 0.15) is 25.8 Å². The second-order valence-electron chi connectivity index (χ2n) is 4.33. The number of benzene rings is 1. The molecule has 0 aromatic heterocycles. The number of carbonyl (C=O) groups excluding carboxylic acids is 1. The van der Waals surface area contributed by atoms with Gasteiger partial charge in [-0.1, -0.05) is 0 Å². The molecule has 0 heterocycles. The molecule has 6 nitrogen and oxygen atoms in total. The number of nitrogens with zero attached hydrogens (tertiary/aromatic N) is 1. The Morgan fingerprint density at radius 1 is 1.35 bits per heavy atom. The fourth-order valence-electron chi connectivity index (χ4n) is 1.36. The van der Waals surface area contributed by atoms with E-state index in [4.69, 9.17) is 10.00 Å². The van der Waals surface area contributed by atoms with Crippen LogP contribution in [0.4, 0.5) is 0 Å². The average molecular weight is 296 g/mol. The van der Waals surface area contributed by atoms with E-state index < -0.39 is 15.9 Å². The van der Waals surface area contributed by atoms with E-state index in [9.17, 15) is 13.2 Å². The van der Waals surface area contributed by atoms with Crippen molar-refractivity contribution in [3.05, 3.63) is 29.8 Å². The third kappa shape index (κ3) is 4.99. The first-order valence-electron chi connectivity index (χ1n) is 6.02. The smallest absolute Gasteiger partial charge is 0.264 e. The molecule has 7 heteroatoms. The Balaban J connectivity index is 2.65. The van der Waals surface area contributed by atoms with E-state index in [1.165, 1.54) is 24.3 Å². The molecule has 1 rings (SSSR count). The quantitative estimate of drug-likeness (QED) is 0.850. The van der Waals surface area contributed by atoms with E-state index in [0.717, 1.165) is 0 Å². The molecule has 0 bridgehead atoms. The highest BCUT2D eigenvalue weighted by atomic mass is 32.2. The summed E-state index contributed by atoms with van der Waals surface area (Å²) in [4.78, 5) is 11.5. The number of carbonyl (C=O) groups is 1. The van der Waals surface area contributed by atoms with Crippen LogP contribution in [-0.2, 0) is 19.6 Å². The van der Waals surface area contributed by atoms with Gasteiger partial charge in [0.05, 0.1) is 35.7 Å². The molecular formula is C13H16N2O4S. The van der Waals surface area contributed by atoms with Crippen molar-refractivity contribution in [2.45, 2.75) is 31.3 Å². The Hall–Kier alpha value is -1.91. The van der Waals surface area contributed by atoms with Crippen LogP contribution >= 0.6 is 0 Å². The fourth-order valence-corrected chi connectivity index (χ4v) is 2.37. The Morgan fingerprint density at radius 2 is 1.95 bits per heavy atom. The van der Waals surface area contributed by atoms with Crippen molar-refractivity contribution in [3.63, 3.8) is 0 Å². The molecule has 0 saturated heterocycles. The van der Waals surface area contributed by atoms with E-state index in [-0.39, 0.29) is 24.0 Å². The summed E-state index contributed by atoms with van der Waals surface area (Å²) in [6.07, 6.45) is -0.0498. The fraction of sp³-hybridized carbons (Fsp3) is 0.385. The van der Waals surface area contributed by atoms with Crippen LogP contribution in [0.25, 0.3) is 0 Å². The highest BCUT2D eigenvalue weighted by molar-refractivity contribution is 7.90. The Kier molecular flexibility index (Phi) is 5.67. The predicted octanol–water partition coefficient (Wildman–Crippen LogP) is 1.18. The summed E-state index contributed by atoms with van der Waals surface area (Å²) < 4.78 is 30.9. The minimum absolute atomic E-state index is 0.0158. The molecule has 108 valence electrons. The van der Waals surface area contributed by atoms with Crippen molar-refractivity contribution in [1.29, 1.82) is 5.26 Å². The SMILES string of the molecule is CC(C)OCCC(=O)NS(=O)(=O)c1ccc(C#N)cc1. The van der Waals surface area contributed by atoms with Gasteiger partial charge in [-0.15, -0.1) is 0 Å². The highest BCUT2D eigenvalue weighted by Gasteiger charge is 2.17. The molecule has 20 heavy (non-hydrogen) atoms. The summed E-state index contributed by atoms with van der Waals surface area (Å²) in [6.45, 7) is 3.81. The summed E-state index contributed by atoms with van der Waals surface area (Å²) >= 11 is 0.